The van der Waals surface area contributed by atoms with E-state index in [4.69, 9.17) is 16.6 Å². The molecular weight excluding hydrogens is 560 g/mol. The largest absolute Gasteiger partial charge is 0.367 e. The fourth-order valence-electron chi connectivity index (χ4n) is 5.28. The molecule has 1 aliphatic carbocycles. The van der Waals surface area contributed by atoms with Crippen molar-refractivity contribution in [3.63, 3.8) is 0 Å². The van der Waals surface area contributed by atoms with Gasteiger partial charge in [0.25, 0.3) is 5.69 Å². The molecule has 7 rings (SSSR count). The number of aromatic nitrogens is 4. The Bertz CT molecular complexity index is 1740. The van der Waals surface area contributed by atoms with Gasteiger partial charge in [0.15, 0.2) is 0 Å². The third-order valence-corrected chi connectivity index (χ3v) is 8.80. The minimum absolute atomic E-state index is 0.0466. The maximum Gasteiger partial charge on any atom is 0.269 e. The number of fused-ring (bicyclic) bond motifs is 1. The van der Waals surface area contributed by atoms with E-state index in [2.05, 4.69) is 49.1 Å². The Morgan fingerprint density at radius 3 is 2.37 bits per heavy atom. The summed E-state index contributed by atoms with van der Waals surface area (Å²) in [4.78, 5) is 20.5. The summed E-state index contributed by atoms with van der Waals surface area (Å²) in [7, 11) is 2.15. The summed E-state index contributed by atoms with van der Waals surface area (Å²) in [5.74, 6) is 0.956. The summed E-state index contributed by atoms with van der Waals surface area (Å²) in [5.41, 5.74) is 5.96. The van der Waals surface area contributed by atoms with Gasteiger partial charge in [0, 0.05) is 60.5 Å². The Morgan fingerprint density at radius 1 is 0.976 bits per heavy atom. The van der Waals surface area contributed by atoms with Crippen LogP contribution < -0.4 is 10.2 Å². The van der Waals surface area contributed by atoms with Crippen LogP contribution in [0.4, 0.5) is 22.2 Å². The maximum atomic E-state index is 11.0. The van der Waals surface area contributed by atoms with Gasteiger partial charge in [-0.05, 0) is 68.4 Å². The van der Waals surface area contributed by atoms with Crippen LogP contribution in [0.15, 0.2) is 60.7 Å². The molecule has 2 aliphatic rings. The molecule has 0 atom stereocenters. The van der Waals surface area contributed by atoms with Crippen LogP contribution in [-0.2, 0) is 0 Å². The molecule has 1 saturated heterocycles. The molecule has 10 nitrogen and oxygen atoms in total. The van der Waals surface area contributed by atoms with Gasteiger partial charge in [0.1, 0.15) is 10.8 Å². The monoisotopic (exact) mass is 586 g/mol. The van der Waals surface area contributed by atoms with Crippen molar-refractivity contribution in [2.45, 2.75) is 18.9 Å². The van der Waals surface area contributed by atoms with E-state index < -0.39 is 4.92 Å². The molecule has 3 aromatic carbocycles. The van der Waals surface area contributed by atoms with Gasteiger partial charge in [-0.25, -0.2) is 4.98 Å². The summed E-state index contributed by atoms with van der Waals surface area (Å²) < 4.78 is 2.39. The van der Waals surface area contributed by atoms with Crippen molar-refractivity contribution in [3.05, 3.63) is 75.8 Å². The molecule has 1 saturated carbocycles. The smallest absolute Gasteiger partial charge is 0.269 e. The molecule has 2 aromatic heterocycles. The summed E-state index contributed by atoms with van der Waals surface area (Å²) in [5, 5.41) is 25.4. The Hall–Kier alpha value is -4.06. The Morgan fingerprint density at radius 2 is 1.68 bits per heavy atom. The van der Waals surface area contributed by atoms with E-state index in [1.807, 2.05) is 24.3 Å². The third-order valence-electron chi connectivity index (χ3n) is 7.66. The number of anilines is 3. The molecule has 0 unspecified atom stereocenters. The molecule has 208 valence electrons. The second-order valence-electron chi connectivity index (χ2n) is 10.5. The average molecular weight is 587 g/mol. The lowest BCUT2D eigenvalue weighted by Crippen LogP contribution is -2.44. The van der Waals surface area contributed by atoms with E-state index in [9.17, 15) is 10.1 Å². The second-order valence-corrected chi connectivity index (χ2v) is 11.9. The molecule has 0 amide bonds. The number of non-ortho nitro benzene ring substituents is 1. The van der Waals surface area contributed by atoms with Crippen LogP contribution in [0.25, 0.3) is 33.0 Å². The average Bonchev–Trinajstić information content (AvgIpc) is 3.59. The number of benzene rings is 3. The van der Waals surface area contributed by atoms with Crippen LogP contribution in [0.1, 0.15) is 18.9 Å². The first-order valence-electron chi connectivity index (χ1n) is 13.5. The molecule has 12 heteroatoms. The van der Waals surface area contributed by atoms with Gasteiger partial charge in [-0.2, -0.15) is 0 Å². The van der Waals surface area contributed by atoms with Crippen molar-refractivity contribution < 1.29 is 4.92 Å². The zero-order chi connectivity index (χ0) is 28.1. The highest BCUT2D eigenvalue weighted by molar-refractivity contribution is 7.18. The van der Waals surface area contributed by atoms with Crippen LogP contribution in [0.5, 0.6) is 0 Å². The van der Waals surface area contributed by atoms with E-state index in [1.165, 1.54) is 23.5 Å². The molecule has 2 fully saturated rings. The van der Waals surface area contributed by atoms with Crippen LogP contribution in [0.3, 0.4) is 0 Å². The number of hydrogen-bond donors (Lipinski definition) is 1. The molecule has 41 heavy (non-hydrogen) atoms. The van der Waals surface area contributed by atoms with Crippen LogP contribution in [0, 0.1) is 10.1 Å². The summed E-state index contributed by atoms with van der Waals surface area (Å²) in [6.07, 6.45) is 2.29. The summed E-state index contributed by atoms with van der Waals surface area (Å²) in [6, 6.07) is 19.1. The van der Waals surface area contributed by atoms with Gasteiger partial charge in [-0.3, -0.25) is 10.1 Å². The molecule has 0 radical (unpaired) electrons. The van der Waals surface area contributed by atoms with Crippen LogP contribution in [0.2, 0.25) is 5.02 Å². The number of halogens is 1. The number of rotatable bonds is 7. The number of nitrogens with zero attached hydrogens (tertiary/aromatic N) is 7. The molecule has 0 spiro atoms. The van der Waals surface area contributed by atoms with Crippen molar-refractivity contribution >= 4 is 56.2 Å². The predicted molar refractivity (Wildman–Crippen MR) is 163 cm³/mol. The zero-order valence-electron chi connectivity index (χ0n) is 22.3. The number of piperazine rings is 1. The van der Waals surface area contributed by atoms with E-state index >= 15 is 0 Å². The number of likely N-dealkylation sites (N-methyl/N-ethyl adjacent to an activating group) is 1. The highest BCUT2D eigenvalue weighted by Gasteiger charge is 2.30. The Kier molecular flexibility index (Phi) is 6.57. The van der Waals surface area contributed by atoms with Crippen molar-refractivity contribution in [2.75, 3.05) is 43.4 Å². The maximum absolute atomic E-state index is 11.0. The van der Waals surface area contributed by atoms with E-state index in [0.717, 1.165) is 78.4 Å². The molecular formula is C29H27ClN8O2S. The first kappa shape index (κ1) is 25.9. The highest BCUT2D eigenvalue weighted by Crippen LogP contribution is 2.44. The normalized spacial score (nSPS) is 15.9. The van der Waals surface area contributed by atoms with Gasteiger partial charge >= 0.3 is 0 Å². The summed E-state index contributed by atoms with van der Waals surface area (Å²) in [6.45, 7) is 3.81. The highest BCUT2D eigenvalue weighted by atomic mass is 35.5. The van der Waals surface area contributed by atoms with Gasteiger partial charge in [0.2, 0.25) is 5.13 Å². The Labute approximate surface area is 245 Å². The van der Waals surface area contributed by atoms with Crippen LogP contribution >= 0.6 is 22.9 Å². The number of hydrogen-bond acceptors (Lipinski definition) is 9. The molecule has 3 heterocycles. The predicted octanol–water partition coefficient (Wildman–Crippen LogP) is 6.61. The van der Waals surface area contributed by atoms with Crippen molar-refractivity contribution in [2.24, 2.45) is 0 Å². The van der Waals surface area contributed by atoms with Crippen LogP contribution in [-0.4, -0.2) is 62.8 Å². The molecule has 0 bridgehead atoms. The molecule has 1 N–H and O–H groups in total. The van der Waals surface area contributed by atoms with E-state index in [0.29, 0.717) is 21.2 Å². The van der Waals surface area contributed by atoms with Gasteiger partial charge in [-0.15, -0.1) is 10.2 Å². The fourth-order valence-corrected chi connectivity index (χ4v) is 6.16. The lowest BCUT2D eigenvalue weighted by atomic mass is 10.2. The summed E-state index contributed by atoms with van der Waals surface area (Å²) >= 11 is 7.60. The number of nitro benzene ring substituents is 1. The first-order chi connectivity index (χ1) is 19.9. The minimum atomic E-state index is -0.407. The van der Waals surface area contributed by atoms with Crippen molar-refractivity contribution in [1.82, 2.24) is 24.6 Å². The fraction of sp³-hybridized carbons (Fsp3) is 0.276. The van der Waals surface area contributed by atoms with Gasteiger partial charge < -0.3 is 19.7 Å². The Balaban J connectivity index is 1.29. The first-order valence-corrected chi connectivity index (χ1v) is 14.7. The molecule has 1 aliphatic heterocycles. The number of imidazole rings is 1. The van der Waals surface area contributed by atoms with Crippen molar-refractivity contribution in [1.29, 1.82) is 0 Å². The van der Waals surface area contributed by atoms with Crippen molar-refractivity contribution in [3.8, 4) is 22.0 Å². The topological polar surface area (TPSA) is 105 Å². The van der Waals surface area contributed by atoms with Gasteiger partial charge in [-0.1, -0.05) is 22.9 Å². The van der Waals surface area contributed by atoms with Gasteiger partial charge in [0.05, 0.1) is 27.3 Å². The second kappa shape index (κ2) is 10.4. The van der Waals surface area contributed by atoms with E-state index in [1.54, 1.807) is 12.1 Å². The number of nitrogens with one attached hydrogen (secondary N) is 1. The SMILES string of the molecule is CN1CCN(c2cc3c(cc2Nc2nnc(-c4ccc([N+](=O)[O-])cc4)s2)nc(-c2ccc(Cl)cc2)n3C2CC2)CC1. The standard InChI is InChI=1S/C29H27ClN8O2S/c1-35-12-14-36(15-13-35)25-17-26-24(31-27(37(26)21-10-11-21)18-2-6-20(30)7-3-18)16-23(25)32-29-34-33-28(41-29)19-4-8-22(9-5-19)38(39)40/h2-9,16-17,21H,10-15H2,1H3,(H,32,34). The lowest BCUT2D eigenvalue weighted by molar-refractivity contribution is -0.384. The number of nitro groups is 1. The minimum Gasteiger partial charge on any atom is -0.367 e. The molecule has 5 aromatic rings. The lowest BCUT2D eigenvalue weighted by Gasteiger charge is -2.35. The quantitative estimate of drug-likeness (QED) is 0.168. The van der Waals surface area contributed by atoms with E-state index in [-0.39, 0.29) is 5.69 Å². The zero-order valence-corrected chi connectivity index (χ0v) is 23.9. The third kappa shape index (κ3) is 5.12.